The lowest BCUT2D eigenvalue weighted by Gasteiger charge is -2.10. The third kappa shape index (κ3) is 2.69. The van der Waals surface area contributed by atoms with Crippen LogP contribution in [0.5, 0.6) is 0 Å². The van der Waals surface area contributed by atoms with E-state index in [1.54, 1.807) is 43.3 Å². The molecule has 0 atom stereocenters. The predicted octanol–water partition coefficient (Wildman–Crippen LogP) is 3.23. The van der Waals surface area contributed by atoms with Crippen LogP contribution >= 0.6 is 0 Å². The highest BCUT2D eigenvalue weighted by Crippen LogP contribution is 2.22. The van der Waals surface area contributed by atoms with Crippen LogP contribution in [0.3, 0.4) is 0 Å². The van der Waals surface area contributed by atoms with E-state index in [0.29, 0.717) is 11.3 Å². The van der Waals surface area contributed by atoms with Crippen LogP contribution < -0.4 is 4.72 Å². The Kier molecular flexibility index (Phi) is 3.62. The zero-order valence-corrected chi connectivity index (χ0v) is 13.2. The monoisotopic (exact) mass is 315 g/mol. The summed E-state index contributed by atoms with van der Waals surface area (Å²) in [6.07, 6.45) is 0.805. The summed E-state index contributed by atoms with van der Waals surface area (Å²) in [4.78, 5) is 7.87. The van der Waals surface area contributed by atoms with Gasteiger partial charge in [-0.25, -0.2) is 13.4 Å². The number of hydrogen-bond acceptors (Lipinski definition) is 3. The average molecular weight is 315 g/mol. The van der Waals surface area contributed by atoms with Crippen LogP contribution in [-0.4, -0.2) is 18.4 Å². The molecule has 0 fully saturated rings. The SMILES string of the molecule is CCc1nc2ccc(NS(=O)(=O)c3ccccc3C)cc2[nH]1. The van der Waals surface area contributed by atoms with Crippen molar-refractivity contribution in [1.82, 2.24) is 9.97 Å². The minimum atomic E-state index is -3.60. The molecule has 3 aromatic rings. The van der Waals surface area contributed by atoms with E-state index in [-0.39, 0.29) is 4.90 Å². The number of aromatic nitrogens is 2. The number of rotatable bonds is 4. The Hall–Kier alpha value is -2.34. The van der Waals surface area contributed by atoms with E-state index in [4.69, 9.17) is 0 Å². The molecule has 0 radical (unpaired) electrons. The summed E-state index contributed by atoms with van der Waals surface area (Å²) in [5, 5.41) is 0. The van der Waals surface area contributed by atoms with E-state index in [1.165, 1.54) is 0 Å². The van der Waals surface area contributed by atoms with E-state index < -0.39 is 10.0 Å². The van der Waals surface area contributed by atoms with Gasteiger partial charge in [0, 0.05) is 6.42 Å². The zero-order chi connectivity index (χ0) is 15.7. The van der Waals surface area contributed by atoms with Crippen molar-refractivity contribution in [3.63, 3.8) is 0 Å². The second kappa shape index (κ2) is 5.46. The maximum atomic E-state index is 12.5. The number of H-pyrrole nitrogens is 1. The molecule has 0 aliphatic rings. The number of nitrogens with one attached hydrogen (secondary N) is 2. The molecule has 2 aromatic carbocycles. The van der Waals surface area contributed by atoms with E-state index >= 15 is 0 Å². The molecule has 1 heterocycles. The van der Waals surface area contributed by atoms with Crippen LogP contribution in [0.15, 0.2) is 47.4 Å². The first-order valence-corrected chi connectivity index (χ1v) is 8.55. The maximum absolute atomic E-state index is 12.5. The van der Waals surface area contributed by atoms with Gasteiger partial charge in [0.25, 0.3) is 10.0 Å². The van der Waals surface area contributed by atoms with Crippen molar-refractivity contribution in [3.05, 3.63) is 53.9 Å². The Morgan fingerprint density at radius 3 is 2.68 bits per heavy atom. The fraction of sp³-hybridized carbons (Fsp3) is 0.188. The number of benzene rings is 2. The van der Waals surface area contributed by atoms with Gasteiger partial charge in [0.2, 0.25) is 0 Å². The van der Waals surface area contributed by atoms with E-state index in [2.05, 4.69) is 14.7 Å². The fourth-order valence-corrected chi connectivity index (χ4v) is 3.66. The topological polar surface area (TPSA) is 74.8 Å². The molecule has 0 amide bonds. The van der Waals surface area contributed by atoms with Crippen molar-refractivity contribution in [2.45, 2.75) is 25.2 Å². The standard InChI is InChI=1S/C16H17N3O2S/c1-3-16-17-13-9-8-12(10-14(13)18-16)19-22(20,21)15-7-5-4-6-11(15)2/h4-10,19H,3H2,1-2H3,(H,17,18). The van der Waals surface area contributed by atoms with Gasteiger partial charge in [0.1, 0.15) is 5.82 Å². The molecule has 0 unspecified atom stereocenters. The van der Waals surface area contributed by atoms with Gasteiger partial charge in [-0.05, 0) is 36.8 Å². The quantitative estimate of drug-likeness (QED) is 0.776. The number of imidazole rings is 1. The number of fused-ring (bicyclic) bond motifs is 1. The van der Waals surface area contributed by atoms with Gasteiger partial charge in [-0.2, -0.15) is 0 Å². The molecule has 22 heavy (non-hydrogen) atoms. The van der Waals surface area contributed by atoms with Crippen LogP contribution in [0.25, 0.3) is 11.0 Å². The maximum Gasteiger partial charge on any atom is 0.262 e. The van der Waals surface area contributed by atoms with Crippen molar-refractivity contribution < 1.29 is 8.42 Å². The van der Waals surface area contributed by atoms with E-state index in [0.717, 1.165) is 23.3 Å². The molecule has 0 saturated heterocycles. The molecule has 114 valence electrons. The van der Waals surface area contributed by atoms with Crippen molar-refractivity contribution in [2.75, 3.05) is 4.72 Å². The zero-order valence-electron chi connectivity index (χ0n) is 12.4. The molecule has 0 saturated carbocycles. The third-order valence-electron chi connectivity index (χ3n) is 3.50. The average Bonchev–Trinajstić information content (AvgIpc) is 2.89. The summed E-state index contributed by atoms with van der Waals surface area (Å²) in [7, 11) is -3.60. The Morgan fingerprint density at radius 1 is 1.18 bits per heavy atom. The lowest BCUT2D eigenvalue weighted by molar-refractivity contribution is 0.600. The largest absolute Gasteiger partial charge is 0.342 e. The summed E-state index contributed by atoms with van der Waals surface area (Å²) in [5.74, 6) is 0.883. The molecule has 6 heteroatoms. The Balaban J connectivity index is 1.97. The molecule has 2 N–H and O–H groups in total. The van der Waals surface area contributed by atoms with E-state index in [1.807, 2.05) is 13.0 Å². The first-order chi connectivity index (χ1) is 10.5. The van der Waals surface area contributed by atoms with Gasteiger partial charge in [0.15, 0.2) is 0 Å². The number of aryl methyl sites for hydroxylation is 2. The van der Waals surface area contributed by atoms with Crippen LogP contribution in [0.2, 0.25) is 0 Å². The normalized spacial score (nSPS) is 11.7. The van der Waals surface area contributed by atoms with Crippen molar-refractivity contribution in [1.29, 1.82) is 0 Å². The summed E-state index contributed by atoms with van der Waals surface area (Å²) < 4.78 is 27.6. The summed E-state index contributed by atoms with van der Waals surface area (Å²) in [5.41, 5.74) is 2.88. The predicted molar refractivity (Wildman–Crippen MR) is 87.5 cm³/mol. The fourth-order valence-electron chi connectivity index (χ4n) is 2.36. The minimum absolute atomic E-state index is 0.286. The van der Waals surface area contributed by atoms with Crippen molar-refractivity contribution in [2.24, 2.45) is 0 Å². The van der Waals surface area contributed by atoms with Crippen LogP contribution in [0, 0.1) is 6.92 Å². The highest BCUT2D eigenvalue weighted by Gasteiger charge is 2.16. The Labute approximate surface area is 129 Å². The molecule has 3 rings (SSSR count). The molecule has 5 nitrogen and oxygen atoms in total. The molecular formula is C16H17N3O2S. The van der Waals surface area contributed by atoms with Crippen LogP contribution in [-0.2, 0) is 16.4 Å². The Morgan fingerprint density at radius 2 is 1.95 bits per heavy atom. The van der Waals surface area contributed by atoms with Gasteiger partial charge < -0.3 is 4.98 Å². The van der Waals surface area contributed by atoms with Gasteiger partial charge in [-0.3, -0.25) is 4.72 Å². The Bertz CT molecular complexity index is 929. The van der Waals surface area contributed by atoms with Crippen LogP contribution in [0.1, 0.15) is 18.3 Å². The van der Waals surface area contributed by atoms with Gasteiger partial charge in [0.05, 0.1) is 21.6 Å². The summed E-state index contributed by atoms with van der Waals surface area (Å²) >= 11 is 0. The molecule has 0 aliphatic heterocycles. The lowest BCUT2D eigenvalue weighted by Crippen LogP contribution is -2.14. The van der Waals surface area contributed by atoms with Crippen LogP contribution in [0.4, 0.5) is 5.69 Å². The molecule has 0 spiro atoms. The molecule has 0 aliphatic carbocycles. The van der Waals surface area contributed by atoms with Gasteiger partial charge >= 0.3 is 0 Å². The second-order valence-corrected chi connectivity index (χ2v) is 6.79. The first kappa shape index (κ1) is 14.6. The molecule has 1 aromatic heterocycles. The highest BCUT2D eigenvalue weighted by molar-refractivity contribution is 7.92. The smallest absolute Gasteiger partial charge is 0.262 e. The van der Waals surface area contributed by atoms with Crippen molar-refractivity contribution in [3.8, 4) is 0 Å². The molecule has 0 bridgehead atoms. The first-order valence-electron chi connectivity index (χ1n) is 7.06. The summed E-state index contributed by atoms with van der Waals surface area (Å²) in [6.45, 7) is 3.79. The van der Waals surface area contributed by atoms with Gasteiger partial charge in [-0.15, -0.1) is 0 Å². The van der Waals surface area contributed by atoms with Gasteiger partial charge in [-0.1, -0.05) is 25.1 Å². The third-order valence-corrected chi connectivity index (χ3v) is 5.04. The summed E-state index contributed by atoms with van der Waals surface area (Å²) in [6, 6.07) is 12.2. The number of anilines is 1. The highest BCUT2D eigenvalue weighted by atomic mass is 32.2. The number of aromatic amines is 1. The number of sulfonamides is 1. The number of hydrogen-bond donors (Lipinski definition) is 2. The second-order valence-electron chi connectivity index (χ2n) is 5.14. The molecular weight excluding hydrogens is 298 g/mol. The number of nitrogens with zero attached hydrogens (tertiary/aromatic N) is 1. The van der Waals surface area contributed by atoms with E-state index in [9.17, 15) is 8.42 Å². The minimum Gasteiger partial charge on any atom is -0.342 e. The van der Waals surface area contributed by atoms with Crippen molar-refractivity contribution >= 4 is 26.7 Å². The lowest BCUT2D eigenvalue weighted by atomic mass is 10.2.